The highest BCUT2D eigenvalue weighted by Gasteiger charge is 2.25. The molecule has 2 aromatic heterocycles. The molecule has 1 amide bonds. The molecule has 0 radical (unpaired) electrons. The number of rotatable bonds is 9. The van der Waals surface area contributed by atoms with Gasteiger partial charge in [0, 0.05) is 19.2 Å². The number of carbonyl (C=O) groups is 1. The van der Waals surface area contributed by atoms with Crippen molar-refractivity contribution in [3.05, 3.63) is 108 Å². The van der Waals surface area contributed by atoms with Crippen LogP contribution in [0.25, 0.3) is 10.2 Å². The predicted molar refractivity (Wildman–Crippen MR) is 147 cm³/mol. The molecule has 0 saturated heterocycles. The number of sulfonamides is 1. The Labute approximate surface area is 224 Å². The number of amides is 1. The number of methoxy groups -OCH3 is 1. The highest BCUT2D eigenvalue weighted by atomic mass is 32.2. The van der Waals surface area contributed by atoms with E-state index in [2.05, 4.69) is 4.98 Å². The summed E-state index contributed by atoms with van der Waals surface area (Å²) >= 11 is 1.36. The average molecular weight is 548 g/mol. The normalized spacial score (nSPS) is 11.7. The highest BCUT2D eigenvalue weighted by molar-refractivity contribution is 7.89. The average Bonchev–Trinajstić information content (AvgIpc) is 3.61. The first-order valence-corrected chi connectivity index (χ1v) is 14.0. The van der Waals surface area contributed by atoms with Gasteiger partial charge in [-0.15, -0.1) is 0 Å². The molecule has 0 atom stereocenters. The number of hydrogen-bond acceptors (Lipinski definition) is 7. The molecule has 0 N–H and O–H groups in total. The Kier molecular flexibility index (Phi) is 7.28. The number of benzene rings is 3. The molecule has 0 spiro atoms. The quantitative estimate of drug-likeness (QED) is 0.240. The van der Waals surface area contributed by atoms with Crippen LogP contribution >= 0.6 is 11.3 Å². The fraction of sp³-hybridized carbons (Fsp3) is 0.143. The van der Waals surface area contributed by atoms with Crippen molar-refractivity contribution < 1.29 is 22.4 Å². The van der Waals surface area contributed by atoms with Crippen molar-refractivity contribution in [3.63, 3.8) is 0 Å². The van der Waals surface area contributed by atoms with Gasteiger partial charge in [0.2, 0.25) is 10.0 Å². The Morgan fingerprint density at radius 3 is 2.42 bits per heavy atom. The van der Waals surface area contributed by atoms with E-state index in [0.717, 1.165) is 15.8 Å². The van der Waals surface area contributed by atoms with E-state index < -0.39 is 10.0 Å². The van der Waals surface area contributed by atoms with Gasteiger partial charge in [0.1, 0.15) is 11.5 Å². The molecule has 38 heavy (non-hydrogen) atoms. The molecule has 194 valence electrons. The fourth-order valence-electron chi connectivity index (χ4n) is 3.95. The number of fused-ring (bicyclic) bond motifs is 1. The lowest BCUT2D eigenvalue weighted by atomic mass is 10.2. The molecule has 0 aliphatic carbocycles. The number of nitrogens with zero attached hydrogens (tertiary/aromatic N) is 3. The van der Waals surface area contributed by atoms with Crippen LogP contribution in [0.1, 0.15) is 21.7 Å². The second kappa shape index (κ2) is 10.8. The van der Waals surface area contributed by atoms with Gasteiger partial charge in [-0.25, -0.2) is 13.4 Å². The van der Waals surface area contributed by atoms with Gasteiger partial charge >= 0.3 is 0 Å². The van der Waals surface area contributed by atoms with Gasteiger partial charge in [-0.05, 0) is 60.2 Å². The van der Waals surface area contributed by atoms with Crippen molar-refractivity contribution in [1.29, 1.82) is 0 Å². The van der Waals surface area contributed by atoms with Crippen molar-refractivity contribution in [2.75, 3.05) is 19.1 Å². The minimum atomic E-state index is -3.75. The summed E-state index contributed by atoms with van der Waals surface area (Å²) in [7, 11) is -0.613. The molecule has 3 aromatic carbocycles. The van der Waals surface area contributed by atoms with Crippen molar-refractivity contribution in [3.8, 4) is 5.75 Å². The smallest absolute Gasteiger partial charge is 0.260 e. The zero-order valence-corrected chi connectivity index (χ0v) is 22.4. The molecule has 0 fully saturated rings. The molecular weight excluding hydrogens is 522 g/mol. The van der Waals surface area contributed by atoms with Crippen LogP contribution in [-0.4, -0.2) is 37.8 Å². The molecule has 2 heterocycles. The molecule has 10 heteroatoms. The summed E-state index contributed by atoms with van der Waals surface area (Å²) < 4.78 is 39.2. The van der Waals surface area contributed by atoms with E-state index in [9.17, 15) is 13.2 Å². The van der Waals surface area contributed by atoms with Crippen molar-refractivity contribution in [2.24, 2.45) is 0 Å². The third-order valence-electron chi connectivity index (χ3n) is 6.01. The first kappa shape index (κ1) is 25.7. The van der Waals surface area contributed by atoms with Gasteiger partial charge in [-0.2, -0.15) is 4.31 Å². The maximum Gasteiger partial charge on any atom is 0.260 e. The van der Waals surface area contributed by atoms with Crippen LogP contribution in [-0.2, 0) is 23.1 Å². The third kappa shape index (κ3) is 5.33. The predicted octanol–water partition coefficient (Wildman–Crippen LogP) is 5.57. The summed E-state index contributed by atoms with van der Waals surface area (Å²) in [5.74, 6) is 0.969. The van der Waals surface area contributed by atoms with E-state index in [1.54, 1.807) is 25.5 Å². The van der Waals surface area contributed by atoms with E-state index in [-0.39, 0.29) is 23.9 Å². The van der Waals surface area contributed by atoms with Gasteiger partial charge in [-0.1, -0.05) is 41.7 Å². The number of ether oxygens (including phenoxy) is 1. The summed E-state index contributed by atoms with van der Waals surface area (Å²) in [4.78, 5) is 20.0. The SMILES string of the molecule is COc1ccc2nc(N(Cc3ccco3)C(=O)c3ccc(S(=O)(=O)N(C)Cc4ccccc4)cc3)sc2c1. The lowest BCUT2D eigenvalue weighted by Crippen LogP contribution is -2.30. The van der Waals surface area contributed by atoms with Gasteiger partial charge in [0.25, 0.3) is 5.91 Å². The Hall–Kier alpha value is -3.99. The molecular formula is C28H25N3O5S2. The Balaban J connectivity index is 1.42. The van der Waals surface area contributed by atoms with Crippen LogP contribution in [0.2, 0.25) is 0 Å². The topological polar surface area (TPSA) is 93.0 Å². The number of furan rings is 1. The van der Waals surface area contributed by atoms with E-state index in [1.807, 2.05) is 48.5 Å². The Morgan fingerprint density at radius 2 is 1.74 bits per heavy atom. The van der Waals surface area contributed by atoms with Crippen LogP contribution in [0.4, 0.5) is 5.13 Å². The number of thiazole rings is 1. The van der Waals surface area contributed by atoms with Crippen LogP contribution in [0, 0.1) is 0 Å². The maximum atomic E-state index is 13.7. The van der Waals surface area contributed by atoms with E-state index >= 15 is 0 Å². The number of anilines is 1. The summed E-state index contributed by atoms with van der Waals surface area (Å²) in [6.45, 7) is 0.409. The number of carbonyl (C=O) groups excluding carboxylic acids is 1. The molecule has 5 aromatic rings. The lowest BCUT2D eigenvalue weighted by Gasteiger charge is -2.20. The zero-order valence-electron chi connectivity index (χ0n) is 20.8. The fourth-order valence-corrected chi connectivity index (χ4v) is 6.10. The maximum absolute atomic E-state index is 13.7. The second-order valence-corrected chi connectivity index (χ2v) is 11.6. The van der Waals surface area contributed by atoms with Gasteiger partial charge < -0.3 is 9.15 Å². The monoisotopic (exact) mass is 547 g/mol. The minimum Gasteiger partial charge on any atom is -0.497 e. The van der Waals surface area contributed by atoms with Crippen LogP contribution in [0.3, 0.4) is 0 Å². The standard InChI is InChI=1S/C28H25N3O5S2/c1-30(18-20-7-4-3-5-8-20)38(33,34)24-13-10-21(11-14-24)27(32)31(19-23-9-6-16-36-23)28-29-25-15-12-22(35-2)17-26(25)37-28/h3-17H,18-19H2,1-2H3. The van der Waals surface area contributed by atoms with Crippen LogP contribution in [0.5, 0.6) is 5.75 Å². The summed E-state index contributed by atoms with van der Waals surface area (Å²) in [5, 5.41) is 0.494. The molecule has 5 rings (SSSR count). The first-order valence-electron chi connectivity index (χ1n) is 11.7. The lowest BCUT2D eigenvalue weighted by molar-refractivity contribution is 0.0983. The summed E-state index contributed by atoms with van der Waals surface area (Å²) in [6, 6.07) is 24.4. The zero-order chi connectivity index (χ0) is 26.7. The Morgan fingerprint density at radius 1 is 0.974 bits per heavy atom. The van der Waals surface area contributed by atoms with E-state index in [4.69, 9.17) is 9.15 Å². The van der Waals surface area contributed by atoms with Crippen LogP contribution in [0.15, 0.2) is 101 Å². The molecule has 8 nitrogen and oxygen atoms in total. The number of hydrogen-bond donors (Lipinski definition) is 0. The molecule has 0 saturated carbocycles. The third-order valence-corrected chi connectivity index (χ3v) is 8.87. The minimum absolute atomic E-state index is 0.108. The second-order valence-electron chi connectivity index (χ2n) is 8.57. The van der Waals surface area contributed by atoms with Crippen LogP contribution < -0.4 is 9.64 Å². The Bertz CT molecular complexity index is 1650. The van der Waals surface area contributed by atoms with E-state index in [0.29, 0.717) is 22.2 Å². The largest absolute Gasteiger partial charge is 0.497 e. The van der Waals surface area contributed by atoms with Crippen molar-refractivity contribution in [2.45, 2.75) is 18.0 Å². The van der Waals surface area contributed by atoms with Crippen molar-refractivity contribution in [1.82, 2.24) is 9.29 Å². The molecule has 0 aliphatic rings. The molecule has 0 bridgehead atoms. The van der Waals surface area contributed by atoms with Gasteiger partial charge in [-0.3, -0.25) is 9.69 Å². The summed E-state index contributed by atoms with van der Waals surface area (Å²) in [5.41, 5.74) is 1.95. The van der Waals surface area contributed by atoms with Gasteiger partial charge in [0.05, 0.1) is 35.0 Å². The summed E-state index contributed by atoms with van der Waals surface area (Å²) in [6.07, 6.45) is 1.55. The van der Waals surface area contributed by atoms with E-state index in [1.165, 1.54) is 51.9 Å². The number of aromatic nitrogens is 1. The molecule has 0 aliphatic heterocycles. The van der Waals surface area contributed by atoms with Crippen molar-refractivity contribution >= 4 is 42.6 Å². The highest BCUT2D eigenvalue weighted by Crippen LogP contribution is 2.33. The molecule has 0 unspecified atom stereocenters. The first-order chi connectivity index (χ1) is 18.3. The van der Waals surface area contributed by atoms with Gasteiger partial charge in [0.15, 0.2) is 5.13 Å².